The number of imidazole rings is 1. The van der Waals surface area contributed by atoms with Crippen molar-refractivity contribution < 1.29 is 4.74 Å². The van der Waals surface area contributed by atoms with Crippen molar-refractivity contribution in [2.45, 2.75) is 39.3 Å². The molecule has 0 unspecified atom stereocenters. The number of fused-ring (bicyclic) bond motifs is 5. The minimum Gasteiger partial charge on any atom is -0.439 e. The smallest absolute Gasteiger partial charge is 0.332 e. The zero-order chi connectivity index (χ0) is 29.7. The van der Waals surface area contributed by atoms with Crippen LogP contribution in [0.2, 0.25) is 13.1 Å². The first-order chi connectivity index (χ1) is 20.6. The van der Waals surface area contributed by atoms with Gasteiger partial charge in [-0.15, -0.1) is 0 Å². The number of para-hydroxylation sites is 2. The first-order valence-electron chi connectivity index (χ1n) is 14.6. The van der Waals surface area contributed by atoms with Gasteiger partial charge in [0.15, 0.2) is 0 Å². The molecule has 0 saturated carbocycles. The highest BCUT2D eigenvalue weighted by atomic mass is 28.3. The monoisotopic (exact) mass is 581 g/mol. The van der Waals surface area contributed by atoms with E-state index in [1.54, 1.807) is 4.57 Å². The second kappa shape index (κ2) is 8.78. The Balaban J connectivity index is 1.27. The topological polar surface area (TPSA) is 77.7 Å². The molecule has 0 radical (unpaired) electrons. The number of pyridine rings is 2. The summed E-state index contributed by atoms with van der Waals surface area (Å²) in [5, 5.41) is 4.62. The summed E-state index contributed by atoms with van der Waals surface area (Å²) in [6.45, 7) is 11.2. The van der Waals surface area contributed by atoms with Gasteiger partial charge < -0.3 is 9.72 Å². The van der Waals surface area contributed by atoms with Crippen LogP contribution in [0.5, 0.6) is 11.6 Å². The van der Waals surface area contributed by atoms with Crippen molar-refractivity contribution in [3.63, 3.8) is 0 Å². The predicted octanol–water partition coefficient (Wildman–Crippen LogP) is 6.43. The van der Waals surface area contributed by atoms with Gasteiger partial charge in [0, 0.05) is 29.1 Å². The first-order valence-corrected chi connectivity index (χ1v) is 17.6. The summed E-state index contributed by atoms with van der Waals surface area (Å²) in [6, 6.07) is 28.9. The van der Waals surface area contributed by atoms with Crippen LogP contribution < -0.4 is 20.8 Å². The van der Waals surface area contributed by atoms with Crippen LogP contribution in [0.1, 0.15) is 26.3 Å². The maximum Gasteiger partial charge on any atom is 0.332 e. The lowest BCUT2D eigenvalue weighted by molar-refractivity contribution is 0.463. The predicted molar refractivity (Wildman–Crippen MR) is 176 cm³/mol. The van der Waals surface area contributed by atoms with Crippen LogP contribution >= 0.6 is 0 Å². The van der Waals surface area contributed by atoms with E-state index in [1.165, 1.54) is 10.8 Å². The highest BCUT2D eigenvalue weighted by molar-refractivity contribution is 7.02. The molecule has 7 aromatic rings. The third kappa shape index (κ3) is 3.76. The molecule has 3 aromatic carbocycles. The number of benzene rings is 3. The second-order valence-electron chi connectivity index (χ2n) is 12.9. The number of hydrogen-bond donors (Lipinski definition) is 1. The van der Waals surface area contributed by atoms with Crippen LogP contribution in [0.15, 0.2) is 95.9 Å². The summed E-state index contributed by atoms with van der Waals surface area (Å²) in [5.41, 5.74) is 4.88. The van der Waals surface area contributed by atoms with Gasteiger partial charge in [-0.25, -0.2) is 14.3 Å². The van der Waals surface area contributed by atoms with Crippen molar-refractivity contribution in [1.82, 2.24) is 24.1 Å². The summed E-state index contributed by atoms with van der Waals surface area (Å²) in [6.07, 6.45) is 1.89. The van der Waals surface area contributed by atoms with Crippen LogP contribution in [0.3, 0.4) is 0 Å². The fraction of sp³-hybridized carbons (Fsp3) is 0.171. The Bertz CT molecular complexity index is 2320. The van der Waals surface area contributed by atoms with E-state index in [2.05, 4.69) is 104 Å². The minimum atomic E-state index is -2.09. The van der Waals surface area contributed by atoms with Crippen molar-refractivity contribution in [2.24, 2.45) is 0 Å². The number of H-pyrrole nitrogens is 1. The number of nitrogens with zero attached hydrogens (tertiary/aromatic N) is 4. The molecular formula is C35H31N5O2Si. The lowest BCUT2D eigenvalue weighted by Crippen LogP contribution is -2.58. The number of rotatable bonds is 3. The molecule has 0 aliphatic carbocycles. The molecule has 212 valence electrons. The van der Waals surface area contributed by atoms with Gasteiger partial charge in [-0.2, -0.15) is 4.98 Å². The molecule has 0 spiro atoms. The molecule has 0 fully saturated rings. The molecule has 1 N–H and O–H groups in total. The molecule has 0 amide bonds. The van der Waals surface area contributed by atoms with Crippen molar-refractivity contribution in [3.8, 4) is 23.3 Å². The molecule has 8 rings (SSSR count). The normalized spacial score (nSPS) is 14.0. The van der Waals surface area contributed by atoms with Gasteiger partial charge in [0.2, 0.25) is 5.88 Å². The number of nitrogens with one attached hydrogen (secondary N) is 1. The SMILES string of the molecule is CC(C)(C)c1ccnc(-n2c3ccccc3c3ccc(Oc4ccc5c(n4)-n4c(=O)[nH]c6cccc(c64)[Si]5(C)C)cc32)c1. The zero-order valence-corrected chi connectivity index (χ0v) is 25.8. The van der Waals surface area contributed by atoms with E-state index in [4.69, 9.17) is 14.7 Å². The second-order valence-corrected chi connectivity index (χ2v) is 17.2. The van der Waals surface area contributed by atoms with Crippen LogP contribution in [-0.4, -0.2) is 32.2 Å². The van der Waals surface area contributed by atoms with Gasteiger partial charge in [0.1, 0.15) is 25.5 Å². The minimum absolute atomic E-state index is 0.00617. The maximum absolute atomic E-state index is 13.1. The number of ether oxygens (including phenoxy) is 1. The lowest BCUT2D eigenvalue weighted by Gasteiger charge is -2.31. The van der Waals surface area contributed by atoms with Crippen LogP contribution in [0.4, 0.5) is 0 Å². The highest BCUT2D eigenvalue weighted by Crippen LogP contribution is 2.36. The molecule has 5 heterocycles. The molecule has 7 nitrogen and oxygen atoms in total. The van der Waals surface area contributed by atoms with Crippen molar-refractivity contribution in [1.29, 1.82) is 0 Å². The average Bonchev–Trinajstić information content (AvgIpc) is 3.49. The van der Waals surface area contributed by atoms with E-state index in [-0.39, 0.29) is 11.1 Å². The molecule has 8 heteroatoms. The fourth-order valence-corrected chi connectivity index (χ4v) is 9.41. The van der Waals surface area contributed by atoms with Gasteiger partial charge >= 0.3 is 5.69 Å². The Labute approximate surface area is 249 Å². The van der Waals surface area contributed by atoms with Crippen molar-refractivity contribution >= 4 is 51.3 Å². The van der Waals surface area contributed by atoms with Gasteiger partial charge in [0.05, 0.1) is 22.1 Å². The van der Waals surface area contributed by atoms with Gasteiger partial charge in [0.25, 0.3) is 0 Å². The van der Waals surface area contributed by atoms with Crippen LogP contribution in [0.25, 0.3) is 44.5 Å². The van der Waals surface area contributed by atoms with Gasteiger partial charge in [-0.05, 0) is 57.8 Å². The first kappa shape index (κ1) is 25.7. The summed E-state index contributed by atoms with van der Waals surface area (Å²) >= 11 is 0. The van der Waals surface area contributed by atoms with Crippen molar-refractivity contribution in [3.05, 3.63) is 107 Å². The summed E-state index contributed by atoms with van der Waals surface area (Å²) in [7, 11) is -2.09. The molecule has 0 bridgehead atoms. The van der Waals surface area contributed by atoms with E-state index in [9.17, 15) is 4.79 Å². The Kier molecular flexibility index (Phi) is 5.25. The quantitative estimate of drug-likeness (QED) is 0.244. The third-order valence-electron chi connectivity index (χ3n) is 8.82. The Morgan fingerprint density at radius 1 is 0.814 bits per heavy atom. The van der Waals surface area contributed by atoms with E-state index < -0.39 is 8.07 Å². The lowest BCUT2D eigenvalue weighted by atomic mass is 9.88. The number of aromatic amines is 1. The molecule has 0 atom stereocenters. The molecule has 0 saturated heterocycles. The van der Waals surface area contributed by atoms with Gasteiger partial charge in [-0.1, -0.05) is 70.3 Å². The Morgan fingerprint density at radius 2 is 1.63 bits per heavy atom. The van der Waals surface area contributed by atoms with E-state index in [1.807, 2.05) is 30.5 Å². The molecule has 43 heavy (non-hydrogen) atoms. The average molecular weight is 582 g/mol. The maximum atomic E-state index is 13.1. The van der Waals surface area contributed by atoms with Crippen LogP contribution in [-0.2, 0) is 5.41 Å². The molecular weight excluding hydrogens is 551 g/mol. The highest BCUT2D eigenvalue weighted by Gasteiger charge is 2.38. The Hall–Kier alpha value is -4.95. The molecule has 1 aliphatic heterocycles. The number of aromatic nitrogens is 5. The summed E-state index contributed by atoms with van der Waals surface area (Å²) in [5.74, 6) is 2.63. The molecule has 4 aromatic heterocycles. The summed E-state index contributed by atoms with van der Waals surface area (Å²) < 4.78 is 10.3. The third-order valence-corrected chi connectivity index (χ3v) is 12.3. The fourth-order valence-electron chi connectivity index (χ4n) is 6.54. The van der Waals surface area contributed by atoms with Crippen LogP contribution in [0, 0.1) is 0 Å². The summed E-state index contributed by atoms with van der Waals surface area (Å²) in [4.78, 5) is 25.9. The number of hydrogen-bond acceptors (Lipinski definition) is 4. The zero-order valence-electron chi connectivity index (χ0n) is 24.8. The van der Waals surface area contributed by atoms with Gasteiger partial charge in [-0.3, -0.25) is 4.57 Å². The Morgan fingerprint density at radius 3 is 2.47 bits per heavy atom. The standard InChI is InChI=1S/C35H31N5O2Si/c1-35(2,3)21-17-18-36-30(19-21)39-26-11-7-6-9-23(26)24-14-13-22(20-27(24)39)42-31-16-15-29-33(38-31)40-32-25(37-34(40)41)10-8-12-28(32)43(29,4)5/h6-20H,1-5H3,(H,37,41). The van der Waals surface area contributed by atoms with E-state index in [0.717, 1.165) is 43.8 Å². The van der Waals surface area contributed by atoms with E-state index >= 15 is 0 Å². The largest absolute Gasteiger partial charge is 0.439 e. The van der Waals surface area contributed by atoms with Crippen molar-refractivity contribution in [2.75, 3.05) is 0 Å². The van der Waals surface area contributed by atoms with E-state index in [0.29, 0.717) is 17.4 Å². The molecule has 1 aliphatic rings.